The number of ether oxygens (including phenoxy) is 2. The molecule has 7 nitrogen and oxygen atoms in total. The lowest BCUT2D eigenvalue weighted by molar-refractivity contribution is -0.138. The van der Waals surface area contributed by atoms with Crippen molar-refractivity contribution < 1.29 is 14.3 Å². The van der Waals surface area contributed by atoms with Crippen molar-refractivity contribution in [3.63, 3.8) is 0 Å². The Balaban J connectivity index is 1.41. The van der Waals surface area contributed by atoms with Crippen LogP contribution < -0.4 is 19.6 Å². The summed E-state index contributed by atoms with van der Waals surface area (Å²) >= 11 is 2.91. The fourth-order valence-electron chi connectivity index (χ4n) is 5.20. The van der Waals surface area contributed by atoms with Gasteiger partial charge in [0.05, 0.1) is 40.1 Å². The minimum Gasteiger partial charge on any atom is -0.489 e. The summed E-state index contributed by atoms with van der Waals surface area (Å²) in [7, 11) is 0. The third-order valence-corrected chi connectivity index (χ3v) is 9.20. The van der Waals surface area contributed by atoms with Crippen LogP contribution in [0.3, 0.4) is 0 Å². The number of benzene rings is 4. The highest BCUT2D eigenvalue weighted by Crippen LogP contribution is 2.35. The maximum atomic E-state index is 14.1. The molecule has 6 rings (SSSR count). The highest BCUT2D eigenvalue weighted by Gasteiger charge is 2.35. The zero-order valence-corrected chi connectivity index (χ0v) is 26.8. The van der Waals surface area contributed by atoms with Gasteiger partial charge in [-0.1, -0.05) is 78.1 Å². The first-order valence-corrected chi connectivity index (χ1v) is 16.7. The molecule has 0 spiro atoms. The quantitative estimate of drug-likeness (QED) is 0.142. The highest BCUT2D eigenvalue weighted by atomic mass is 32.2. The maximum absolute atomic E-state index is 14.1. The van der Waals surface area contributed by atoms with E-state index in [4.69, 9.17) is 19.7 Å². The van der Waals surface area contributed by atoms with Gasteiger partial charge in [-0.15, -0.1) is 11.8 Å². The van der Waals surface area contributed by atoms with E-state index in [9.17, 15) is 9.59 Å². The van der Waals surface area contributed by atoms with Gasteiger partial charge in [0.2, 0.25) is 0 Å². The molecule has 9 heteroatoms. The number of carbonyl (C=O) groups excluding carboxylic acids is 1. The summed E-state index contributed by atoms with van der Waals surface area (Å²) in [5, 5.41) is 9.00. The van der Waals surface area contributed by atoms with E-state index in [1.165, 1.54) is 11.3 Å². The molecular weight excluding hydrogens is 615 g/mol. The topological polar surface area (TPSA) is 93.7 Å². The lowest BCUT2D eigenvalue weighted by Gasteiger charge is -2.26. The second-order valence-corrected chi connectivity index (χ2v) is 12.3. The lowest BCUT2D eigenvalue weighted by Crippen LogP contribution is -2.40. The molecule has 2 heterocycles. The van der Waals surface area contributed by atoms with Gasteiger partial charge < -0.3 is 9.47 Å². The van der Waals surface area contributed by atoms with Crippen molar-refractivity contribution in [1.82, 2.24) is 4.57 Å². The number of nitriles is 1. The first kappa shape index (κ1) is 30.8. The van der Waals surface area contributed by atoms with Crippen molar-refractivity contribution >= 4 is 40.8 Å². The largest absolute Gasteiger partial charge is 0.489 e. The summed E-state index contributed by atoms with van der Waals surface area (Å²) < 4.78 is 13.6. The first-order chi connectivity index (χ1) is 22.5. The van der Waals surface area contributed by atoms with Crippen LogP contribution in [0.25, 0.3) is 11.8 Å². The van der Waals surface area contributed by atoms with Gasteiger partial charge in [0, 0.05) is 10.5 Å². The average molecular weight is 644 g/mol. The van der Waals surface area contributed by atoms with Crippen LogP contribution in [-0.4, -0.2) is 23.4 Å². The molecule has 1 aliphatic rings. The van der Waals surface area contributed by atoms with E-state index in [1.807, 2.05) is 103 Å². The SMILES string of the molecule is CCOC(=O)C1=C(c2ccccc2)N=c2s/c(=C\c3ccc(OCc4ccc(C#N)cc4)cc3)c(=O)n2[C@H]1c1ccc(SC)cc1. The zero-order valence-electron chi connectivity index (χ0n) is 25.2. The summed E-state index contributed by atoms with van der Waals surface area (Å²) in [4.78, 5) is 34.2. The molecule has 0 saturated carbocycles. The lowest BCUT2D eigenvalue weighted by atomic mass is 9.93. The minimum atomic E-state index is -0.721. The Morgan fingerprint density at radius 1 is 1.00 bits per heavy atom. The molecule has 0 unspecified atom stereocenters. The van der Waals surface area contributed by atoms with Crippen LogP contribution in [0.15, 0.2) is 123 Å². The van der Waals surface area contributed by atoms with E-state index in [0.717, 1.165) is 27.1 Å². The van der Waals surface area contributed by atoms with Gasteiger partial charge in [0.25, 0.3) is 5.56 Å². The van der Waals surface area contributed by atoms with Gasteiger partial charge in [-0.2, -0.15) is 5.26 Å². The van der Waals surface area contributed by atoms with Crippen molar-refractivity contribution in [1.29, 1.82) is 5.26 Å². The molecule has 1 aliphatic heterocycles. The van der Waals surface area contributed by atoms with Gasteiger partial charge in [-0.25, -0.2) is 9.79 Å². The number of hydrogen-bond acceptors (Lipinski definition) is 8. The summed E-state index contributed by atoms with van der Waals surface area (Å²) in [6.07, 6.45) is 3.84. The second-order valence-electron chi connectivity index (χ2n) is 10.4. The van der Waals surface area contributed by atoms with Gasteiger partial charge in [-0.3, -0.25) is 9.36 Å². The number of hydrogen-bond donors (Lipinski definition) is 0. The Morgan fingerprint density at radius 2 is 1.72 bits per heavy atom. The number of thiazole rings is 1. The molecule has 0 radical (unpaired) electrons. The molecule has 5 aromatic rings. The van der Waals surface area contributed by atoms with Crippen LogP contribution in [0.5, 0.6) is 5.75 Å². The van der Waals surface area contributed by atoms with E-state index in [1.54, 1.807) is 35.4 Å². The number of carbonyl (C=O) groups is 1. The van der Waals surface area contributed by atoms with Crippen molar-refractivity contribution in [2.75, 3.05) is 12.9 Å². The second kappa shape index (κ2) is 13.9. The number of fused-ring (bicyclic) bond motifs is 1. The Kier molecular flexibility index (Phi) is 9.29. The molecule has 0 amide bonds. The fraction of sp³-hybridized carbons (Fsp3) is 0.135. The summed E-state index contributed by atoms with van der Waals surface area (Å²) in [6.45, 7) is 2.33. The van der Waals surface area contributed by atoms with E-state index < -0.39 is 12.0 Å². The van der Waals surface area contributed by atoms with Gasteiger partial charge >= 0.3 is 5.97 Å². The Morgan fingerprint density at radius 3 is 2.37 bits per heavy atom. The molecule has 46 heavy (non-hydrogen) atoms. The third-order valence-electron chi connectivity index (χ3n) is 7.47. The zero-order chi connectivity index (χ0) is 32.0. The van der Waals surface area contributed by atoms with Crippen molar-refractivity contribution in [2.45, 2.75) is 24.5 Å². The van der Waals surface area contributed by atoms with E-state index in [0.29, 0.717) is 38.5 Å². The number of nitrogens with zero attached hydrogens (tertiary/aromatic N) is 3. The normalized spacial score (nSPS) is 14.3. The van der Waals surface area contributed by atoms with Crippen LogP contribution in [0.2, 0.25) is 0 Å². The van der Waals surface area contributed by atoms with Crippen LogP contribution >= 0.6 is 23.1 Å². The Bertz CT molecular complexity index is 2130. The van der Waals surface area contributed by atoms with Crippen LogP contribution in [0.1, 0.15) is 40.8 Å². The summed E-state index contributed by atoms with van der Waals surface area (Å²) in [6, 6.07) is 33.6. The minimum absolute atomic E-state index is 0.195. The summed E-state index contributed by atoms with van der Waals surface area (Å²) in [5.41, 5.74) is 4.53. The molecule has 0 fully saturated rings. The van der Waals surface area contributed by atoms with Crippen molar-refractivity contribution in [3.8, 4) is 11.8 Å². The molecule has 0 bridgehead atoms. The third kappa shape index (κ3) is 6.45. The molecule has 4 aromatic carbocycles. The highest BCUT2D eigenvalue weighted by molar-refractivity contribution is 7.98. The van der Waals surface area contributed by atoms with Gasteiger partial charge in [0.15, 0.2) is 4.80 Å². The summed E-state index contributed by atoms with van der Waals surface area (Å²) in [5.74, 6) is 0.179. The van der Waals surface area contributed by atoms with Crippen LogP contribution in [-0.2, 0) is 16.1 Å². The standard InChI is InChI=1S/C37H29N3O4S2/c1-3-43-36(42)32-33(27-7-5-4-6-8-27)39-37-40(34(32)28-15-19-30(45-2)20-16-28)35(41)31(46-37)21-24-13-17-29(18-14-24)44-23-26-11-9-25(22-38)10-12-26/h4-21,34H,3,23H2,1-2H3/b31-21-/t34-/m0/s1. The van der Waals surface area contributed by atoms with E-state index in [2.05, 4.69) is 6.07 Å². The molecule has 1 aromatic heterocycles. The fourth-order valence-corrected chi connectivity index (χ4v) is 6.61. The average Bonchev–Trinajstić information content (AvgIpc) is 3.41. The smallest absolute Gasteiger partial charge is 0.338 e. The number of esters is 1. The molecular formula is C37H29N3O4S2. The van der Waals surface area contributed by atoms with Crippen molar-refractivity contribution in [3.05, 3.63) is 156 Å². The number of aromatic nitrogens is 1. The predicted octanol–water partition coefficient (Wildman–Crippen LogP) is 6.11. The maximum Gasteiger partial charge on any atom is 0.338 e. The van der Waals surface area contributed by atoms with Crippen LogP contribution in [0.4, 0.5) is 0 Å². The van der Waals surface area contributed by atoms with Gasteiger partial charge in [-0.05, 0) is 72.3 Å². The van der Waals surface area contributed by atoms with Gasteiger partial charge in [0.1, 0.15) is 12.4 Å². The first-order valence-electron chi connectivity index (χ1n) is 14.6. The number of rotatable bonds is 9. The van der Waals surface area contributed by atoms with E-state index in [-0.39, 0.29) is 12.2 Å². The van der Waals surface area contributed by atoms with Crippen LogP contribution in [0, 0.1) is 11.3 Å². The van der Waals surface area contributed by atoms with E-state index >= 15 is 0 Å². The molecule has 0 N–H and O–H groups in total. The Labute approximate surface area is 274 Å². The number of thioether (sulfide) groups is 1. The molecule has 228 valence electrons. The monoisotopic (exact) mass is 643 g/mol. The predicted molar refractivity (Wildman–Crippen MR) is 181 cm³/mol. The molecule has 0 saturated heterocycles. The molecule has 0 aliphatic carbocycles. The van der Waals surface area contributed by atoms with Crippen molar-refractivity contribution in [2.24, 2.45) is 4.99 Å². The molecule has 1 atom stereocenters. The Hall–Kier alpha value is -5.17.